The van der Waals surface area contributed by atoms with Crippen LogP contribution in [0.25, 0.3) is 0 Å². The van der Waals surface area contributed by atoms with Crippen LogP contribution in [-0.2, 0) is 11.3 Å². The minimum absolute atomic E-state index is 0.381. The van der Waals surface area contributed by atoms with Crippen molar-refractivity contribution in [3.05, 3.63) is 18.5 Å². The fourth-order valence-corrected chi connectivity index (χ4v) is 2.82. The van der Waals surface area contributed by atoms with Crippen LogP contribution >= 0.6 is 0 Å². The highest BCUT2D eigenvalue weighted by molar-refractivity contribution is 4.91. The lowest BCUT2D eigenvalue weighted by Crippen LogP contribution is -2.48. The average molecular weight is 265 g/mol. The molecular formula is C15H27N3O. The van der Waals surface area contributed by atoms with Crippen molar-refractivity contribution in [1.82, 2.24) is 15.1 Å². The molecule has 1 N–H and O–H groups in total. The molecule has 1 aromatic rings. The first-order chi connectivity index (χ1) is 9.15. The van der Waals surface area contributed by atoms with Crippen molar-refractivity contribution in [2.75, 3.05) is 20.3 Å². The summed E-state index contributed by atoms with van der Waals surface area (Å²) in [6.45, 7) is 7.42. The zero-order chi connectivity index (χ0) is 13.7. The summed E-state index contributed by atoms with van der Waals surface area (Å²) in [6.07, 6.45) is 7.80. The molecule has 1 aliphatic carbocycles. The molecule has 1 aliphatic rings. The molecule has 0 aromatic carbocycles. The lowest BCUT2D eigenvalue weighted by Gasteiger charge is -2.42. The molecule has 19 heavy (non-hydrogen) atoms. The van der Waals surface area contributed by atoms with Crippen LogP contribution < -0.4 is 5.32 Å². The molecule has 0 radical (unpaired) electrons. The zero-order valence-electron chi connectivity index (χ0n) is 12.4. The summed E-state index contributed by atoms with van der Waals surface area (Å²) >= 11 is 0. The largest absolute Gasteiger partial charge is 0.384 e. The van der Waals surface area contributed by atoms with Gasteiger partial charge in [-0.3, -0.25) is 4.68 Å². The van der Waals surface area contributed by atoms with Crippen LogP contribution in [0, 0.1) is 11.3 Å². The van der Waals surface area contributed by atoms with Gasteiger partial charge in [-0.25, -0.2) is 0 Å². The Balaban J connectivity index is 1.86. The average Bonchev–Trinajstić information content (AvgIpc) is 2.83. The third-order valence-corrected chi connectivity index (χ3v) is 4.35. The molecular weight excluding hydrogens is 238 g/mol. The van der Waals surface area contributed by atoms with Gasteiger partial charge < -0.3 is 10.1 Å². The number of methoxy groups -OCH3 is 1. The Morgan fingerprint density at radius 1 is 1.42 bits per heavy atom. The van der Waals surface area contributed by atoms with Crippen LogP contribution in [0.15, 0.2) is 18.5 Å². The Bertz CT molecular complexity index is 357. The lowest BCUT2D eigenvalue weighted by molar-refractivity contribution is 0.0141. The summed E-state index contributed by atoms with van der Waals surface area (Å²) in [5, 5.41) is 8.05. The molecule has 1 atom stereocenters. The standard InChI is InChI=1S/C15H27N3O/c1-13(2)14(10-18-9-5-8-17-18)16-11-15(12-19-3)6-4-7-15/h5,8-9,13-14,16H,4,6-7,10-12H2,1-3H3. The highest BCUT2D eigenvalue weighted by Crippen LogP contribution is 2.40. The van der Waals surface area contributed by atoms with E-state index in [1.165, 1.54) is 19.3 Å². The van der Waals surface area contributed by atoms with Gasteiger partial charge in [-0.15, -0.1) is 0 Å². The predicted molar refractivity (Wildman–Crippen MR) is 77.0 cm³/mol. The minimum Gasteiger partial charge on any atom is -0.384 e. The SMILES string of the molecule is COCC1(CNC(Cn2cccn2)C(C)C)CCC1. The van der Waals surface area contributed by atoms with Gasteiger partial charge in [0.2, 0.25) is 0 Å². The number of aromatic nitrogens is 2. The molecule has 108 valence electrons. The summed E-state index contributed by atoms with van der Waals surface area (Å²) in [5.41, 5.74) is 0.381. The van der Waals surface area contributed by atoms with Crippen LogP contribution in [0.4, 0.5) is 0 Å². The van der Waals surface area contributed by atoms with Gasteiger partial charge >= 0.3 is 0 Å². The van der Waals surface area contributed by atoms with Crippen molar-refractivity contribution in [3.8, 4) is 0 Å². The van der Waals surface area contributed by atoms with E-state index in [9.17, 15) is 0 Å². The van der Waals surface area contributed by atoms with Gasteiger partial charge in [-0.1, -0.05) is 20.3 Å². The second-order valence-corrected chi connectivity index (χ2v) is 6.25. The Hall–Kier alpha value is -0.870. The smallest absolute Gasteiger partial charge is 0.0565 e. The second kappa shape index (κ2) is 6.53. The first-order valence-electron chi connectivity index (χ1n) is 7.35. The summed E-state index contributed by atoms with van der Waals surface area (Å²) in [7, 11) is 1.81. The van der Waals surface area contributed by atoms with Gasteiger partial charge in [0.15, 0.2) is 0 Å². The summed E-state index contributed by atoms with van der Waals surface area (Å²) in [5.74, 6) is 0.601. The van der Waals surface area contributed by atoms with Gasteiger partial charge in [0.05, 0.1) is 13.2 Å². The molecule has 1 saturated carbocycles. The number of nitrogens with one attached hydrogen (secondary N) is 1. The lowest BCUT2D eigenvalue weighted by atomic mass is 9.69. The van der Waals surface area contributed by atoms with Gasteiger partial charge in [0.25, 0.3) is 0 Å². The molecule has 1 heterocycles. The fourth-order valence-electron chi connectivity index (χ4n) is 2.82. The van der Waals surface area contributed by atoms with Crippen molar-refractivity contribution < 1.29 is 4.74 Å². The highest BCUT2D eigenvalue weighted by atomic mass is 16.5. The zero-order valence-corrected chi connectivity index (χ0v) is 12.4. The highest BCUT2D eigenvalue weighted by Gasteiger charge is 2.37. The number of hydrogen-bond donors (Lipinski definition) is 1. The summed E-state index contributed by atoms with van der Waals surface area (Å²) in [6, 6.07) is 2.45. The molecule has 1 aromatic heterocycles. The van der Waals surface area contributed by atoms with Crippen LogP contribution in [0.1, 0.15) is 33.1 Å². The van der Waals surface area contributed by atoms with Crippen molar-refractivity contribution in [3.63, 3.8) is 0 Å². The van der Waals surface area contributed by atoms with E-state index >= 15 is 0 Å². The van der Waals surface area contributed by atoms with Crippen LogP contribution in [-0.4, -0.2) is 36.1 Å². The molecule has 0 spiro atoms. The van der Waals surface area contributed by atoms with Crippen LogP contribution in [0.5, 0.6) is 0 Å². The van der Waals surface area contributed by atoms with E-state index < -0.39 is 0 Å². The Morgan fingerprint density at radius 2 is 2.21 bits per heavy atom. The van der Waals surface area contributed by atoms with Gasteiger partial charge in [0.1, 0.15) is 0 Å². The molecule has 1 unspecified atom stereocenters. The van der Waals surface area contributed by atoms with Gasteiger partial charge in [-0.05, 0) is 24.8 Å². The van der Waals surface area contributed by atoms with Gasteiger partial charge in [-0.2, -0.15) is 5.10 Å². The van der Waals surface area contributed by atoms with E-state index in [2.05, 4.69) is 24.3 Å². The van der Waals surface area contributed by atoms with E-state index in [4.69, 9.17) is 4.74 Å². The first kappa shape index (κ1) is 14.5. The van der Waals surface area contributed by atoms with Gasteiger partial charge in [0, 0.05) is 37.5 Å². The van der Waals surface area contributed by atoms with Crippen molar-refractivity contribution in [2.24, 2.45) is 11.3 Å². The van der Waals surface area contributed by atoms with Crippen LogP contribution in [0.3, 0.4) is 0 Å². The number of nitrogens with zero attached hydrogens (tertiary/aromatic N) is 2. The molecule has 4 nitrogen and oxygen atoms in total. The third kappa shape index (κ3) is 3.80. The van der Waals surface area contributed by atoms with Crippen molar-refractivity contribution >= 4 is 0 Å². The number of rotatable bonds is 8. The topological polar surface area (TPSA) is 39.1 Å². The van der Waals surface area contributed by atoms with E-state index in [1.54, 1.807) is 0 Å². The fraction of sp³-hybridized carbons (Fsp3) is 0.800. The predicted octanol–water partition coefficient (Wildman–Crippen LogP) is 2.31. The Labute approximate surface area is 116 Å². The molecule has 0 amide bonds. The molecule has 4 heteroatoms. The molecule has 1 fully saturated rings. The minimum atomic E-state index is 0.381. The van der Waals surface area contributed by atoms with E-state index in [0.29, 0.717) is 17.4 Å². The first-order valence-corrected chi connectivity index (χ1v) is 7.35. The maximum atomic E-state index is 5.39. The normalized spacial score (nSPS) is 19.4. The second-order valence-electron chi connectivity index (χ2n) is 6.25. The molecule has 0 saturated heterocycles. The van der Waals surface area contributed by atoms with E-state index in [1.807, 2.05) is 30.3 Å². The monoisotopic (exact) mass is 265 g/mol. The van der Waals surface area contributed by atoms with E-state index in [0.717, 1.165) is 19.7 Å². The maximum Gasteiger partial charge on any atom is 0.0565 e. The number of hydrogen-bond acceptors (Lipinski definition) is 3. The van der Waals surface area contributed by atoms with Crippen molar-refractivity contribution in [2.45, 2.75) is 45.7 Å². The maximum absolute atomic E-state index is 5.39. The molecule has 2 rings (SSSR count). The summed E-state index contributed by atoms with van der Waals surface area (Å²) in [4.78, 5) is 0. The molecule has 0 bridgehead atoms. The summed E-state index contributed by atoms with van der Waals surface area (Å²) < 4.78 is 7.41. The third-order valence-electron chi connectivity index (χ3n) is 4.35. The molecule has 0 aliphatic heterocycles. The Morgan fingerprint density at radius 3 is 2.68 bits per heavy atom. The van der Waals surface area contributed by atoms with Crippen LogP contribution in [0.2, 0.25) is 0 Å². The Kier molecular flexibility index (Phi) is 4.99. The van der Waals surface area contributed by atoms with Crippen molar-refractivity contribution in [1.29, 1.82) is 0 Å². The van der Waals surface area contributed by atoms with E-state index in [-0.39, 0.29) is 0 Å². The quantitative estimate of drug-likeness (QED) is 0.784. The number of ether oxygens (including phenoxy) is 1.